The molecule has 0 saturated carbocycles. The molecule has 16 heavy (non-hydrogen) atoms. The zero-order valence-corrected chi connectivity index (χ0v) is 10.2. The van der Waals surface area contributed by atoms with Crippen molar-refractivity contribution < 1.29 is 5.11 Å². The van der Waals surface area contributed by atoms with Crippen molar-refractivity contribution >= 4 is 11.3 Å². The van der Waals surface area contributed by atoms with Gasteiger partial charge in [-0.05, 0) is 25.0 Å². The number of aliphatic hydroxyl groups excluding tert-OH is 1. The van der Waals surface area contributed by atoms with Gasteiger partial charge in [-0.2, -0.15) is 0 Å². The maximum atomic E-state index is 9.43. The Morgan fingerprint density at radius 3 is 2.94 bits per heavy atom. The van der Waals surface area contributed by atoms with E-state index in [4.69, 9.17) is 0 Å². The lowest BCUT2D eigenvalue weighted by molar-refractivity contribution is 0.195. The highest BCUT2D eigenvalue weighted by Gasteiger charge is 2.11. The van der Waals surface area contributed by atoms with Crippen LogP contribution < -0.4 is 0 Å². The van der Waals surface area contributed by atoms with Gasteiger partial charge in [0.1, 0.15) is 10.7 Å². The van der Waals surface area contributed by atoms with E-state index in [-0.39, 0.29) is 0 Å². The van der Waals surface area contributed by atoms with Crippen molar-refractivity contribution in [3.63, 3.8) is 0 Å². The molecule has 0 fully saturated rings. The van der Waals surface area contributed by atoms with E-state index in [2.05, 4.69) is 23.0 Å². The van der Waals surface area contributed by atoms with Gasteiger partial charge in [0.2, 0.25) is 0 Å². The Hall–Kier alpha value is -1.26. The third-order valence-electron chi connectivity index (χ3n) is 2.42. The molecule has 0 aromatic carbocycles. The Labute approximate surface area is 98.8 Å². The number of hydrogen-bond acceptors (Lipinski definition) is 4. The second-order valence-corrected chi connectivity index (χ2v) is 4.48. The van der Waals surface area contributed by atoms with Gasteiger partial charge in [-0.3, -0.25) is 4.98 Å². The molecule has 2 heterocycles. The molecule has 0 aliphatic rings. The lowest BCUT2D eigenvalue weighted by atomic mass is 10.1. The van der Waals surface area contributed by atoms with Gasteiger partial charge in [-0.25, -0.2) is 4.98 Å². The van der Waals surface area contributed by atoms with Crippen LogP contribution in [-0.2, 0) is 6.42 Å². The van der Waals surface area contributed by atoms with Crippen LogP contribution in [0.4, 0.5) is 0 Å². The summed E-state index contributed by atoms with van der Waals surface area (Å²) >= 11 is 1.53. The number of aliphatic hydroxyl groups is 1. The van der Waals surface area contributed by atoms with Crippen molar-refractivity contribution in [2.45, 2.75) is 26.4 Å². The summed E-state index contributed by atoms with van der Waals surface area (Å²) in [6.45, 7) is 3.82. The quantitative estimate of drug-likeness (QED) is 0.888. The van der Waals surface area contributed by atoms with Gasteiger partial charge in [-0.15, -0.1) is 11.3 Å². The third-order valence-corrected chi connectivity index (χ3v) is 3.29. The summed E-state index contributed by atoms with van der Waals surface area (Å²) < 4.78 is 0. The molecule has 0 saturated heterocycles. The fraction of sp³-hybridized carbons (Fsp3) is 0.333. The number of pyridine rings is 1. The van der Waals surface area contributed by atoms with Crippen LogP contribution in [0.1, 0.15) is 31.2 Å². The van der Waals surface area contributed by atoms with Crippen LogP contribution in [-0.4, -0.2) is 15.1 Å². The lowest BCUT2D eigenvalue weighted by Gasteiger charge is -2.02. The first kappa shape index (κ1) is 11.2. The summed E-state index contributed by atoms with van der Waals surface area (Å²) in [7, 11) is 0. The Kier molecular flexibility index (Phi) is 3.31. The normalized spacial score (nSPS) is 12.7. The Morgan fingerprint density at radius 2 is 2.31 bits per heavy atom. The van der Waals surface area contributed by atoms with Gasteiger partial charge in [0.25, 0.3) is 0 Å². The van der Waals surface area contributed by atoms with Gasteiger partial charge in [-0.1, -0.05) is 13.0 Å². The first-order valence-corrected chi connectivity index (χ1v) is 6.18. The van der Waals surface area contributed by atoms with Gasteiger partial charge in [0, 0.05) is 11.6 Å². The number of aromatic nitrogens is 2. The molecule has 0 spiro atoms. The number of hydrogen-bond donors (Lipinski definition) is 1. The minimum Gasteiger partial charge on any atom is -0.387 e. The topological polar surface area (TPSA) is 46.0 Å². The minimum absolute atomic E-state index is 0.515. The molecule has 0 amide bonds. The van der Waals surface area contributed by atoms with Gasteiger partial charge in [0.15, 0.2) is 0 Å². The van der Waals surface area contributed by atoms with Crippen molar-refractivity contribution in [2.24, 2.45) is 0 Å². The largest absolute Gasteiger partial charge is 0.387 e. The number of thiazole rings is 1. The maximum absolute atomic E-state index is 9.43. The summed E-state index contributed by atoms with van der Waals surface area (Å²) in [5, 5.41) is 12.2. The summed E-state index contributed by atoms with van der Waals surface area (Å²) in [4.78, 5) is 8.75. The average Bonchev–Trinajstić information content (AvgIpc) is 2.78. The standard InChI is InChI=1S/C12H14N2OS/c1-3-9-5-4-6-13-11(9)12-14-10(7-16-12)8(2)15/h4-8,15H,3H2,1-2H3. The van der Waals surface area contributed by atoms with Crippen molar-refractivity contribution in [2.75, 3.05) is 0 Å². The van der Waals surface area contributed by atoms with Gasteiger partial charge < -0.3 is 5.11 Å². The summed E-state index contributed by atoms with van der Waals surface area (Å²) in [5.41, 5.74) is 2.84. The molecule has 2 aromatic rings. The smallest absolute Gasteiger partial charge is 0.142 e. The van der Waals surface area contributed by atoms with Crippen molar-refractivity contribution in [1.82, 2.24) is 9.97 Å². The molecule has 2 aromatic heterocycles. The van der Waals surface area contributed by atoms with Crippen LogP contribution in [0.5, 0.6) is 0 Å². The van der Waals surface area contributed by atoms with E-state index in [0.29, 0.717) is 5.69 Å². The van der Waals surface area contributed by atoms with E-state index < -0.39 is 6.10 Å². The number of rotatable bonds is 3. The molecular formula is C12H14N2OS. The lowest BCUT2D eigenvalue weighted by Crippen LogP contribution is -1.93. The van der Waals surface area contributed by atoms with Crippen molar-refractivity contribution in [3.05, 3.63) is 35.0 Å². The monoisotopic (exact) mass is 234 g/mol. The molecule has 0 radical (unpaired) electrons. The molecule has 1 N–H and O–H groups in total. The molecule has 2 rings (SSSR count). The van der Waals surface area contributed by atoms with Crippen LogP contribution in [0.15, 0.2) is 23.7 Å². The predicted octanol–water partition coefficient (Wildman–Crippen LogP) is 2.82. The molecule has 84 valence electrons. The highest BCUT2D eigenvalue weighted by molar-refractivity contribution is 7.13. The Bertz CT molecular complexity index is 479. The van der Waals surface area contributed by atoms with Crippen LogP contribution in [0, 0.1) is 0 Å². The predicted molar refractivity (Wildman–Crippen MR) is 65.4 cm³/mol. The van der Waals surface area contributed by atoms with E-state index in [1.54, 1.807) is 13.1 Å². The molecule has 1 atom stereocenters. The van der Waals surface area contributed by atoms with Crippen LogP contribution >= 0.6 is 11.3 Å². The molecule has 3 nitrogen and oxygen atoms in total. The van der Waals surface area contributed by atoms with Crippen molar-refractivity contribution in [1.29, 1.82) is 0 Å². The highest BCUT2D eigenvalue weighted by Crippen LogP contribution is 2.27. The first-order chi connectivity index (χ1) is 7.72. The zero-order valence-electron chi connectivity index (χ0n) is 9.34. The number of nitrogens with zero attached hydrogens (tertiary/aromatic N) is 2. The van der Waals surface area contributed by atoms with Crippen LogP contribution in [0.3, 0.4) is 0 Å². The second-order valence-electron chi connectivity index (χ2n) is 3.62. The summed E-state index contributed by atoms with van der Waals surface area (Å²) in [6.07, 6.45) is 2.20. The van der Waals surface area contributed by atoms with E-state index in [1.807, 2.05) is 11.4 Å². The van der Waals surface area contributed by atoms with Crippen molar-refractivity contribution in [3.8, 4) is 10.7 Å². The molecule has 0 aliphatic carbocycles. The second kappa shape index (κ2) is 4.72. The van der Waals surface area contributed by atoms with Gasteiger partial charge >= 0.3 is 0 Å². The van der Waals surface area contributed by atoms with E-state index in [9.17, 15) is 5.11 Å². The Balaban J connectivity index is 2.42. The van der Waals surface area contributed by atoms with Crippen LogP contribution in [0.2, 0.25) is 0 Å². The fourth-order valence-corrected chi connectivity index (χ4v) is 2.44. The van der Waals surface area contributed by atoms with E-state index >= 15 is 0 Å². The third kappa shape index (κ3) is 2.13. The summed E-state index contributed by atoms with van der Waals surface area (Å²) in [6, 6.07) is 4.00. The first-order valence-electron chi connectivity index (χ1n) is 5.30. The average molecular weight is 234 g/mol. The Morgan fingerprint density at radius 1 is 1.50 bits per heavy atom. The van der Waals surface area contributed by atoms with Crippen LogP contribution in [0.25, 0.3) is 10.7 Å². The van der Waals surface area contributed by atoms with Gasteiger partial charge in [0.05, 0.1) is 11.8 Å². The molecule has 0 bridgehead atoms. The SMILES string of the molecule is CCc1cccnc1-c1nc(C(C)O)cs1. The molecule has 4 heteroatoms. The van der Waals surface area contributed by atoms with E-state index in [1.165, 1.54) is 16.9 Å². The highest BCUT2D eigenvalue weighted by atomic mass is 32.1. The number of aryl methyl sites for hydroxylation is 1. The minimum atomic E-state index is -0.515. The summed E-state index contributed by atoms with van der Waals surface area (Å²) in [5.74, 6) is 0. The van der Waals surface area contributed by atoms with E-state index in [0.717, 1.165) is 17.1 Å². The molecule has 0 aliphatic heterocycles. The molecular weight excluding hydrogens is 220 g/mol. The maximum Gasteiger partial charge on any atom is 0.142 e. The zero-order chi connectivity index (χ0) is 11.5. The fourth-order valence-electron chi connectivity index (χ4n) is 1.50. The molecule has 1 unspecified atom stereocenters.